The first-order valence-electron chi connectivity index (χ1n) is 9.44. The molecule has 1 aromatic rings. The van der Waals surface area contributed by atoms with Gasteiger partial charge in [-0.15, -0.1) is 0 Å². The summed E-state index contributed by atoms with van der Waals surface area (Å²) >= 11 is 0. The largest absolute Gasteiger partial charge is 0.339 e. The number of hydrogen-bond acceptors (Lipinski definition) is 6. The van der Waals surface area contributed by atoms with Crippen molar-refractivity contribution in [2.75, 3.05) is 50.7 Å². The fraction of sp³-hybridized carbons (Fsp3) is 0.722. The Kier molecular flexibility index (Phi) is 4.60. The molecule has 0 aliphatic carbocycles. The second-order valence-electron chi connectivity index (χ2n) is 7.61. The molecule has 3 aliphatic heterocycles. The SMILES string of the molecule is CC(C)N1CCC(N2CC(N3CCN(c4ncccn4)CC3)C2)C1=O. The minimum atomic E-state index is 0.123. The molecule has 7 heteroatoms. The maximum absolute atomic E-state index is 12.5. The fourth-order valence-electron chi connectivity index (χ4n) is 4.25. The summed E-state index contributed by atoms with van der Waals surface area (Å²) in [5, 5.41) is 0. The highest BCUT2D eigenvalue weighted by molar-refractivity contribution is 5.84. The summed E-state index contributed by atoms with van der Waals surface area (Å²) < 4.78 is 0. The Morgan fingerprint density at radius 3 is 2.28 bits per heavy atom. The molecule has 0 saturated carbocycles. The molecule has 0 spiro atoms. The first kappa shape index (κ1) is 16.7. The third-order valence-corrected chi connectivity index (χ3v) is 5.83. The topological polar surface area (TPSA) is 55.8 Å². The Morgan fingerprint density at radius 2 is 1.68 bits per heavy atom. The Balaban J connectivity index is 1.25. The highest BCUT2D eigenvalue weighted by atomic mass is 16.2. The van der Waals surface area contributed by atoms with E-state index in [1.54, 1.807) is 12.4 Å². The molecule has 136 valence electrons. The molecule has 25 heavy (non-hydrogen) atoms. The van der Waals surface area contributed by atoms with Gasteiger partial charge in [0.2, 0.25) is 11.9 Å². The van der Waals surface area contributed by atoms with E-state index in [1.165, 1.54) is 0 Å². The number of hydrogen-bond donors (Lipinski definition) is 0. The molecule has 1 unspecified atom stereocenters. The quantitative estimate of drug-likeness (QED) is 0.783. The lowest BCUT2D eigenvalue weighted by Gasteiger charge is -2.49. The van der Waals surface area contributed by atoms with Crippen LogP contribution in [0.1, 0.15) is 20.3 Å². The Labute approximate surface area is 149 Å². The van der Waals surface area contributed by atoms with Crippen LogP contribution < -0.4 is 4.90 Å². The van der Waals surface area contributed by atoms with E-state index in [2.05, 4.69) is 38.5 Å². The molecule has 1 atom stereocenters. The van der Waals surface area contributed by atoms with Crippen molar-refractivity contribution in [3.05, 3.63) is 18.5 Å². The van der Waals surface area contributed by atoms with Gasteiger partial charge in [-0.2, -0.15) is 0 Å². The highest BCUT2D eigenvalue weighted by Crippen LogP contribution is 2.26. The number of carbonyl (C=O) groups is 1. The predicted molar refractivity (Wildman–Crippen MR) is 96.4 cm³/mol. The molecule has 1 amide bonds. The lowest BCUT2D eigenvalue weighted by molar-refractivity contribution is -0.136. The summed E-state index contributed by atoms with van der Waals surface area (Å²) in [6, 6.07) is 2.90. The minimum Gasteiger partial charge on any atom is -0.339 e. The van der Waals surface area contributed by atoms with Gasteiger partial charge >= 0.3 is 0 Å². The molecular weight excluding hydrogens is 316 g/mol. The van der Waals surface area contributed by atoms with Gasteiger partial charge in [-0.3, -0.25) is 14.6 Å². The molecular formula is C18H28N6O. The predicted octanol–water partition coefficient (Wildman–Crippen LogP) is 0.292. The van der Waals surface area contributed by atoms with Crippen molar-refractivity contribution in [2.24, 2.45) is 0 Å². The average molecular weight is 344 g/mol. The Morgan fingerprint density at radius 1 is 1.00 bits per heavy atom. The van der Waals surface area contributed by atoms with Crippen LogP contribution in [-0.2, 0) is 4.79 Å². The van der Waals surface area contributed by atoms with Crippen LogP contribution in [0.5, 0.6) is 0 Å². The van der Waals surface area contributed by atoms with E-state index in [-0.39, 0.29) is 6.04 Å². The normalized spacial score (nSPS) is 26.5. The second-order valence-corrected chi connectivity index (χ2v) is 7.61. The Bertz CT molecular complexity index is 595. The first-order valence-corrected chi connectivity index (χ1v) is 9.44. The number of rotatable bonds is 4. The van der Waals surface area contributed by atoms with Crippen molar-refractivity contribution in [3.63, 3.8) is 0 Å². The number of aromatic nitrogens is 2. The van der Waals surface area contributed by atoms with Gasteiger partial charge in [-0.25, -0.2) is 9.97 Å². The highest BCUT2D eigenvalue weighted by Gasteiger charge is 2.43. The van der Waals surface area contributed by atoms with Gasteiger partial charge in [0.15, 0.2) is 0 Å². The molecule has 0 radical (unpaired) electrons. The molecule has 3 fully saturated rings. The van der Waals surface area contributed by atoms with E-state index in [9.17, 15) is 4.79 Å². The van der Waals surface area contributed by atoms with Gasteiger partial charge < -0.3 is 9.80 Å². The van der Waals surface area contributed by atoms with E-state index in [0.29, 0.717) is 18.0 Å². The number of carbonyl (C=O) groups excluding carboxylic acids is 1. The van der Waals surface area contributed by atoms with Gasteiger partial charge in [-0.1, -0.05) is 0 Å². The van der Waals surface area contributed by atoms with E-state index in [0.717, 1.165) is 58.2 Å². The monoisotopic (exact) mass is 344 g/mol. The minimum absolute atomic E-state index is 0.123. The number of piperazine rings is 1. The number of nitrogens with zero attached hydrogens (tertiary/aromatic N) is 6. The lowest BCUT2D eigenvalue weighted by atomic mass is 10.0. The van der Waals surface area contributed by atoms with Crippen LogP contribution in [0, 0.1) is 0 Å². The fourth-order valence-corrected chi connectivity index (χ4v) is 4.25. The van der Waals surface area contributed by atoms with E-state index in [4.69, 9.17) is 0 Å². The van der Waals surface area contributed by atoms with E-state index >= 15 is 0 Å². The van der Waals surface area contributed by atoms with E-state index < -0.39 is 0 Å². The maximum atomic E-state index is 12.5. The summed E-state index contributed by atoms with van der Waals surface area (Å²) in [6.45, 7) is 11.2. The number of amides is 1. The molecule has 3 aliphatic rings. The molecule has 4 rings (SSSR count). The number of likely N-dealkylation sites (tertiary alicyclic amines) is 2. The van der Waals surface area contributed by atoms with Crippen molar-refractivity contribution >= 4 is 11.9 Å². The number of anilines is 1. The molecule has 0 aromatic carbocycles. The average Bonchev–Trinajstić information content (AvgIpc) is 2.97. The zero-order chi connectivity index (χ0) is 17.4. The van der Waals surface area contributed by atoms with Crippen molar-refractivity contribution in [2.45, 2.75) is 38.4 Å². The van der Waals surface area contributed by atoms with Crippen molar-refractivity contribution in [1.29, 1.82) is 0 Å². The standard InChI is InChI=1S/C18H28N6O/c1-14(2)24-7-4-16(17(24)25)23-12-15(13-23)21-8-10-22(11-9-21)18-19-5-3-6-20-18/h3,5-6,14-16H,4,7-13H2,1-2H3. The molecule has 4 heterocycles. The zero-order valence-electron chi connectivity index (χ0n) is 15.2. The van der Waals surface area contributed by atoms with Crippen LogP contribution in [0.3, 0.4) is 0 Å². The van der Waals surface area contributed by atoms with E-state index in [1.807, 2.05) is 11.0 Å². The third kappa shape index (κ3) is 3.22. The molecule has 3 saturated heterocycles. The summed E-state index contributed by atoms with van der Waals surface area (Å²) in [5.74, 6) is 1.17. The first-order chi connectivity index (χ1) is 12.1. The van der Waals surface area contributed by atoms with Crippen molar-refractivity contribution < 1.29 is 4.79 Å². The van der Waals surface area contributed by atoms with Gasteiger partial charge in [0.05, 0.1) is 6.04 Å². The summed E-state index contributed by atoms with van der Waals surface area (Å²) in [5.41, 5.74) is 0. The molecule has 1 aromatic heterocycles. The van der Waals surface area contributed by atoms with Crippen LogP contribution in [0.2, 0.25) is 0 Å². The smallest absolute Gasteiger partial charge is 0.240 e. The van der Waals surface area contributed by atoms with Gasteiger partial charge in [-0.05, 0) is 26.3 Å². The molecule has 0 bridgehead atoms. The van der Waals surface area contributed by atoms with Crippen molar-refractivity contribution in [3.8, 4) is 0 Å². The van der Waals surface area contributed by atoms with Crippen LogP contribution in [0.15, 0.2) is 18.5 Å². The van der Waals surface area contributed by atoms with Crippen LogP contribution in [0.25, 0.3) is 0 Å². The molecule has 0 N–H and O–H groups in total. The van der Waals surface area contributed by atoms with Crippen molar-refractivity contribution in [1.82, 2.24) is 24.7 Å². The van der Waals surface area contributed by atoms with Gasteiger partial charge in [0.25, 0.3) is 0 Å². The Hall–Kier alpha value is -1.73. The third-order valence-electron chi connectivity index (χ3n) is 5.83. The van der Waals surface area contributed by atoms with Crippen LogP contribution >= 0.6 is 0 Å². The maximum Gasteiger partial charge on any atom is 0.240 e. The zero-order valence-corrected chi connectivity index (χ0v) is 15.2. The second kappa shape index (κ2) is 6.88. The van der Waals surface area contributed by atoms with Gasteiger partial charge in [0.1, 0.15) is 0 Å². The summed E-state index contributed by atoms with van der Waals surface area (Å²) in [6.07, 6.45) is 4.60. The van der Waals surface area contributed by atoms with Crippen LogP contribution in [0.4, 0.5) is 5.95 Å². The summed E-state index contributed by atoms with van der Waals surface area (Å²) in [4.78, 5) is 30.4. The van der Waals surface area contributed by atoms with Gasteiger partial charge in [0, 0.05) is 70.3 Å². The summed E-state index contributed by atoms with van der Waals surface area (Å²) in [7, 11) is 0. The van der Waals surface area contributed by atoms with Crippen LogP contribution in [-0.4, -0.2) is 94.5 Å². The molecule has 7 nitrogen and oxygen atoms in total. The lowest BCUT2D eigenvalue weighted by Crippen LogP contribution is -2.66.